The second-order valence-electron chi connectivity index (χ2n) is 8.89. The predicted octanol–water partition coefficient (Wildman–Crippen LogP) is 4.24. The van der Waals surface area contributed by atoms with Gasteiger partial charge in [-0.1, -0.05) is 49.2 Å². The standard InChI is InChI=1S/C27H28N6O3S/c1-36-22-15-13-19(14-16-22)25(27(35)28-20-8-5-6-9-20)33(21-10-3-2-4-11-21)24(34)18-32-30-26(29-31-32)23-12-7-17-37-23/h2-4,7,10-17,20,25H,5-6,8-9,18H2,1H3,(H,28,35). The first kappa shape index (κ1) is 24.6. The van der Waals surface area contributed by atoms with Crippen LogP contribution in [0.1, 0.15) is 37.3 Å². The van der Waals surface area contributed by atoms with Gasteiger partial charge in [-0.25, -0.2) is 0 Å². The van der Waals surface area contributed by atoms with E-state index in [9.17, 15) is 9.59 Å². The molecule has 4 aromatic rings. The van der Waals surface area contributed by atoms with Gasteiger partial charge in [-0.3, -0.25) is 14.5 Å². The molecule has 1 aliphatic carbocycles. The average Bonchev–Trinajstić information content (AvgIpc) is 3.71. The summed E-state index contributed by atoms with van der Waals surface area (Å²) < 4.78 is 5.31. The molecule has 37 heavy (non-hydrogen) atoms. The molecule has 5 rings (SSSR count). The van der Waals surface area contributed by atoms with Gasteiger partial charge >= 0.3 is 0 Å². The average molecular weight is 517 g/mol. The molecule has 0 radical (unpaired) electrons. The van der Waals surface area contributed by atoms with Gasteiger partial charge in [0.25, 0.3) is 5.91 Å². The maximum atomic E-state index is 13.9. The van der Waals surface area contributed by atoms with Gasteiger partial charge in [0.05, 0.1) is 12.0 Å². The molecule has 2 aromatic heterocycles. The molecule has 10 heteroatoms. The molecule has 1 saturated carbocycles. The van der Waals surface area contributed by atoms with E-state index in [1.54, 1.807) is 19.2 Å². The minimum Gasteiger partial charge on any atom is -0.497 e. The molecule has 0 saturated heterocycles. The van der Waals surface area contributed by atoms with Crippen molar-refractivity contribution >= 4 is 28.8 Å². The zero-order chi connectivity index (χ0) is 25.6. The summed E-state index contributed by atoms with van der Waals surface area (Å²) in [6.07, 6.45) is 4.05. The van der Waals surface area contributed by atoms with Crippen LogP contribution in [0.2, 0.25) is 0 Å². The summed E-state index contributed by atoms with van der Waals surface area (Å²) in [4.78, 5) is 31.3. The van der Waals surface area contributed by atoms with Crippen LogP contribution in [0.3, 0.4) is 0 Å². The van der Waals surface area contributed by atoms with Crippen LogP contribution in [0.4, 0.5) is 5.69 Å². The van der Waals surface area contributed by atoms with Crippen molar-refractivity contribution in [2.24, 2.45) is 0 Å². The molecule has 2 amide bonds. The largest absolute Gasteiger partial charge is 0.497 e. The SMILES string of the molecule is COc1ccc(C(C(=O)NC2CCCC2)N(C(=O)Cn2nnc(-c3cccs3)n2)c2ccccc2)cc1. The zero-order valence-corrected chi connectivity index (χ0v) is 21.3. The molecule has 0 aliphatic heterocycles. The van der Waals surface area contributed by atoms with E-state index < -0.39 is 6.04 Å². The van der Waals surface area contributed by atoms with E-state index in [4.69, 9.17) is 4.74 Å². The third-order valence-corrected chi connectivity index (χ3v) is 7.28. The first-order chi connectivity index (χ1) is 18.1. The second-order valence-corrected chi connectivity index (χ2v) is 9.83. The van der Waals surface area contributed by atoms with E-state index in [2.05, 4.69) is 20.7 Å². The number of thiophene rings is 1. The van der Waals surface area contributed by atoms with E-state index in [0.717, 1.165) is 30.6 Å². The van der Waals surface area contributed by atoms with Crippen molar-refractivity contribution in [3.05, 3.63) is 77.7 Å². The Morgan fingerprint density at radius 1 is 1.08 bits per heavy atom. The van der Waals surface area contributed by atoms with Crippen LogP contribution >= 0.6 is 11.3 Å². The Hall–Kier alpha value is -4.05. The number of hydrogen-bond donors (Lipinski definition) is 1. The van der Waals surface area contributed by atoms with Crippen LogP contribution in [-0.2, 0) is 16.1 Å². The number of tetrazole rings is 1. The normalized spacial score (nSPS) is 14.3. The summed E-state index contributed by atoms with van der Waals surface area (Å²) in [5, 5.41) is 17.7. The topological polar surface area (TPSA) is 102 Å². The summed E-state index contributed by atoms with van der Waals surface area (Å²) in [5.74, 6) is 0.577. The molecule has 1 aliphatic rings. The number of methoxy groups -OCH3 is 1. The summed E-state index contributed by atoms with van der Waals surface area (Å²) in [7, 11) is 1.59. The number of para-hydroxylation sites is 1. The highest BCUT2D eigenvalue weighted by atomic mass is 32.1. The van der Waals surface area contributed by atoms with Crippen molar-refractivity contribution in [3.8, 4) is 16.5 Å². The number of rotatable bonds is 9. The van der Waals surface area contributed by atoms with Crippen molar-refractivity contribution in [2.45, 2.75) is 44.3 Å². The first-order valence-corrected chi connectivity index (χ1v) is 13.1. The fourth-order valence-electron chi connectivity index (χ4n) is 4.59. The maximum absolute atomic E-state index is 13.9. The molecule has 2 aromatic carbocycles. The quantitative estimate of drug-likeness (QED) is 0.357. The van der Waals surface area contributed by atoms with Gasteiger partial charge < -0.3 is 10.1 Å². The van der Waals surface area contributed by atoms with Crippen LogP contribution in [-0.4, -0.2) is 45.2 Å². The van der Waals surface area contributed by atoms with Crippen LogP contribution in [0, 0.1) is 0 Å². The molecule has 2 heterocycles. The summed E-state index contributed by atoms with van der Waals surface area (Å²) in [5.41, 5.74) is 1.29. The van der Waals surface area contributed by atoms with E-state index in [1.165, 1.54) is 21.0 Å². The molecular formula is C27H28N6O3S. The Kier molecular flexibility index (Phi) is 7.55. The highest BCUT2D eigenvalue weighted by molar-refractivity contribution is 7.13. The fourth-order valence-corrected chi connectivity index (χ4v) is 5.24. The number of carbonyl (C=O) groups excluding carboxylic acids is 2. The van der Waals surface area contributed by atoms with Crippen LogP contribution in [0.5, 0.6) is 5.75 Å². The third kappa shape index (κ3) is 5.69. The molecule has 1 N–H and O–H groups in total. The molecule has 0 spiro atoms. The first-order valence-electron chi connectivity index (χ1n) is 12.3. The molecule has 1 atom stereocenters. The lowest BCUT2D eigenvalue weighted by molar-refractivity contribution is -0.127. The Bertz CT molecular complexity index is 1320. The van der Waals surface area contributed by atoms with E-state index in [-0.39, 0.29) is 24.4 Å². The van der Waals surface area contributed by atoms with Crippen molar-refractivity contribution in [1.29, 1.82) is 0 Å². The van der Waals surface area contributed by atoms with E-state index in [1.807, 2.05) is 60.0 Å². The molecule has 1 fully saturated rings. The number of aromatic nitrogens is 4. The maximum Gasteiger partial charge on any atom is 0.251 e. The Morgan fingerprint density at radius 3 is 2.51 bits per heavy atom. The van der Waals surface area contributed by atoms with Crippen molar-refractivity contribution in [1.82, 2.24) is 25.5 Å². The number of hydrogen-bond acceptors (Lipinski definition) is 7. The Morgan fingerprint density at radius 2 is 1.84 bits per heavy atom. The van der Waals surface area contributed by atoms with Crippen LogP contribution in [0.15, 0.2) is 72.1 Å². The third-order valence-electron chi connectivity index (χ3n) is 6.41. The molecular weight excluding hydrogens is 488 g/mol. The monoisotopic (exact) mass is 516 g/mol. The minimum atomic E-state index is -0.887. The summed E-state index contributed by atoms with van der Waals surface area (Å²) in [6.45, 7) is -0.170. The summed E-state index contributed by atoms with van der Waals surface area (Å²) in [6, 6.07) is 19.5. The minimum absolute atomic E-state index is 0.103. The summed E-state index contributed by atoms with van der Waals surface area (Å²) >= 11 is 1.50. The van der Waals surface area contributed by atoms with Crippen molar-refractivity contribution in [3.63, 3.8) is 0 Å². The van der Waals surface area contributed by atoms with Crippen molar-refractivity contribution in [2.75, 3.05) is 12.0 Å². The number of nitrogens with zero attached hydrogens (tertiary/aromatic N) is 5. The predicted molar refractivity (Wildman–Crippen MR) is 141 cm³/mol. The molecule has 1 unspecified atom stereocenters. The number of ether oxygens (including phenoxy) is 1. The van der Waals surface area contributed by atoms with Crippen LogP contribution in [0.25, 0.3) is 10.7 Å². The van der Waals surface area contributed by atoms with Gasteiger partial charge in [-0.05, 0) is 59.3 Å². The van der Waals surface area contributed by atoms with Crippen molar-refractivity contribution < 1.29 is 14.3 Å². The van der Waals surface area contributed by atoms with Gasteiger partial charge in [-0.15, -0.1) is 21.5 Å². The van der Waals surface area contributed by atoms with Gasteiger partial charge in [0.2, 0.25) is 11.7 Å². The zero-order valence-electron chi connectivity index (χ0n) is 20.5. The number of nitrogens with one attached hydrogen (secondary N) is 1. The number of anilines is 1. The second kappa shape index (κ2) is 11.3. The van der Waals surface area contributed by atoms with E-state index >= 15 is 0 Å². The molecule has 0 bridgehead atoms. The fraction of sp³-hybridized carbons (Fsp3) is 0.296. The Balaban J connectivity index is 1.49. The highest BCUT2D eigenvalue weighted by Crippen LogP contribution is 2.30. The number of amides is 2. The van der Waals surface area contributed by atoms with E-state index in [0.29, 0.717) is 22.8 Å². The molecule has 9 nitrogen and oxygen atoms in total. The van der Waals surface area contributed by atoms with Gasteiger partial charge in [0, 0.05) is 11.7 Å². The lowest BCUT2D eigenvalue weighted by Gasteiger charge is -2.32. The van der Waals surface area contributed by atoms with Gasteiger partial charge in [0.15, 0.2) is 0 Å². The molecule has 190 valence electrons. The number of carbonyl (C=O) groups is 2. The number of benzene rings is 2. The Labute approximate surface area is 219 Å². The highest BCUT2D eigenvalue weighted by Gasteiger charge is 2.34. The van der Waals surface area contributed by atoms with Gasteiger partial charge in [-0.2, -0.15) is 4.80 Å². The van der Waals surface area contributed by atoms with Gasteiger partial charge in [0.1, 0.15) is 18.3 Å². The van der Waals surface area contributed by atoms with Crippen LogP contribution < -0.4 is 15.0 Å². The lowest BCUT2D eigenvalue weighted by atomic mass is 10.0. The smallest absolute Gasteiger partial charge is 0.251 e. The lowest BCUT2D eigenvalue weighted by Crippen LogP contribution is -2.47.